The number of hydrogen-bond acceptors (Lipinski definition) is 5. The normalized spacial score (nSPS) is 10.2. The number of methoxy groups -OCH3 is 1. The van der Waals surface area contributed by atoms with Crippen LogP contribution in [0.4, 0.5) is 5.69 Å². The van der Waals surface area contributed by atoms with Crippen molar-refractivity contribution in [3.05, 3.63) is 58.1 Å². The zero-order valence-corrected chi connectivity index (χ0v) is 11.8. The van der Waals surface area contributed by atoms with Crippen LogP contribution in [0, 0.1) is 10.1 Å². The van der Waals surface area contributed by atoms with Gasteiger partial charge in [-0.15, -0.1) is 0 Å². The standard InChI is InChI=1S/C15H16N2O4/c1-16-10-11-4-3-5-13(8-11)21-14-7-6-12(17(18)19)9-15(14)20-2/h3-9,16H,10H2,1-2H3. The molecule has 0 aliphatic heterocycles. The Hall–Kier alpha value is -2.60. The average molecular weight is 288 g/mol. The highest BCUT2D eigenvalue weighted by Gasteiger charge is 2.13. The summed E-state index contributed by atoms with van der Waals surface area (Å²) < 4.78 is 10.9. The van der Waals surface area contributed by atoms with Crippen molar-refractivity contribution in [1.82, 2.24) is 5.32 Å². The maximum Gasteiger partial charge on any atom is 0.273 e. The Labute approximate surface area is 122 Å². The van der Waals surface area contributed by atoms with Gasteiger partial charge in [-0.3, -0.25) is 10.1 Å². The summed E-state index contributed by atoms with van der Waals surface area (Å²) in [7, 11) is 3.32. The lowest BCUT2D eigenvalue weighted by molar-refractivity contribution is -0.384. The third-order valence-corrected chi connectivity index (χ3v) is 2.87. The van der Waals surface area contributed by atoms with Crippen molar-refractivity contribution in [3.8, 4) is 17.2 Å². The second-order valence-electron chi connectivity index (χ2n) is 4.37. The maximum absolute atomic E-state index is 10.8. The van der Waals surface area contributed by atoms with E-state index in [9.17, 15) is 10.1 Å². The first-order valence-electron chi connectivity index (χ1n) is 6.38. The zero-order chi connectivity index (χ0) is 15.2. The number of nitro benzene ring substituents is 1. The fourth-order valence-corrected chi connectivity index (χ4v) is 1.90. The van der Waals surface area contributed by atoms with Gasteiger partial charge in [0.2, 0.25) is 0 Å². The van der Waals surface area contributed by atoms with E-state index >= 15 is 0 Å². The van der Waals surface area contributed by atoms with Crippen molar-refractivity contribution in [2.24, 2.45) is 0 Å². The number of non-ortho nitro benzene ring substituents is 1. The van der Waals surface area contributed by atoms with Crippen LogP contribution in [0.5, 0.6) is 17.2 Å². The van der Waals surface area contributed by atoms with Crippen LogP contribution >= 0.6 is 0 Å². The molecule has 0 heterocycles. The molecule has 0 spiro atoms. The minimum atomic E-state index is -0.472. The Morgan fingerprint density at radius 3 is 2.67 bits per heavy atom. The van der Waals surface area contributed by atoms with Crippen molar-refractivity contribution in [2.75, 3.05) is 14.2 Å². The van der Waals surface area contributed by atoms with E-state index in [0.717, 1.165) is 12.1 Å². The van der Waals surface area contributed by atoms with Crippen LogP contribution in [0.1, 0.15) is 5.56 Å². The number of hydrogen-bond donors (Lipinski definition) is 1. The summed E-state index contributed by atoms with van der Waals surface area (Å²) in [6.45, 7) is 0.731. The molecule has 2 rings (SSSR count). The van der Waals surface area contributed by atoms with Crippen molar-refractivity contribution in [1.29, 1.82) is 0 Å². The van der Waals surface area contributed by atoms with Gasteiger partial charge in [0.25, 0.3) is 5.69 Å². The SMILES string of the molecule is CNCc1cccc(Oc2ccc([N+](=O)[O-])cc2OC)c1. The first-order chi connectivity index (χ1) is 10.1. The van der Waals surface area contributed by atoms with E-state index in [1.807, 2.05) is 31.3 Å². The molecule has 0 radical (unpaired) electrons. The highest BCUT2D eigenvalue weighted by Crippen LogP contribution is 2.34. The zero-order valence-electron chi connectivity index (χ0n) is 11.8. The van der Waals surface area contributed by atoms with Gasteiger partial charge in [-0.1, -0.05) is 12.1 Å². The number of nitrogens with one attached hydrogen (secondary N) is 1. The molecule has 0 aromatic heterocycles. The molecule has 0 amide bonds. The molecule has 0 fully saturated rings. The third kappa shape index (κ3) is 3.70. The molecule has 2 aromatic carbocycles. The summed E-state index contributed by atoms with van der Waals surface area (Å²) in [6, 6.07) is 11.8. The number of ether oxygens (including phenoxy) is 2. The summed E-state index contributed by atoms with van der Waals surface area (Å²) in [5, 5.41) is 13.8. The molecular formula is C15H16N2O4. The Morgan fingerprint density at radius 2 is 2.00 bits per heavy atom. The molecule has 0 saturated heterocycles. The van der Waals surface area contributed by atoms with Crippen LogP contribution in [0.25, 0.3) is 0 Å². The second kappa shape index (κ2) is 6.71. The van der Waals surface area contributed by atoms with E-state index in [2.05, 4.69) is 5.32 Å². The molecule has 0 atom stereocenters. The molecule has 0 unspecified atom stereocenters. The summed E-state index contributed by atoms with van der Waals surface area (Å²) in [6.07, 6.45) is 0. The van der Waals surface area contributed by atoms with Gasteiger partial charge < -0.3 is 14.8 Å². The van der Waals surface area contributed by atoms with Crippen LogP contribution in [0.15, 0.2) is 42.5 Å². The van der Waals surface area contributed by atoms with Crippen molar-refractivity contribution >= 4 is 5.69 Å². The van der Waals surface area contributed by atoms with Gasteiger partial charge in [-0.2, -0.15) is 0 Å². The molecule has 0 aliphatic rings. The molecule has 1 N–H and O–H groups in total. The van der Waals surface area contributed by atoms with Crippen LogP contribution < -0.4 is 14.8 Å². The van der Waals surface area contributed by atoms with E-state index in [1.54, 1.807) is 0 Å². The van der Waals surface area contributed by atoms with Crippen molar-refractivity contribution in [2.45, 2.75) is 6.54 Å². The largest absolute Gasteiger partial charge is 0.493 e. The molecular weight excluding hydrogens is 272 g/mol. The van der Waals surface area contributed by atoms with Crippen LogP contribution in [-0.4, -0.2) is 19.1 Å². The molecule has 0 bridgehead atoms. The first-order valence-corrected chi connectivity index (χ1v) is 6.38. The van der Waals surface area contributed by atoms with E-state index in [1.165, 1.54) is 25.3 Å². The van der Waals surface area contributed by atoms with E-state index in [4.69, 9.17) is 9.47 Å². The predicted molar refractivity (Wildman–Crippen MR) is 78.9 cm³/mol. The lowest BCUT2D eigenvalue weighted by atomic mass is 10.2. The molecule has 0 aliphatic carbocycles. The van der Waals surface area contributed by atoms with E-state index in [0.29, 0.717) is 17.2 Å². The second-order valence-corrected chi connectivity index (χ2v) is 4.37. The number of benzene rings is 2. The minimum Gasteiger partial charge on any atom is -0.493 e. The van der Waals surface area contributed by atoms with Gasteiger partial charge in [0, 0.05) is 12.6 Å². The minimum absolute atomic E-state index is 0.0388. The maximum atomic E-state index is 10.8. The lowest BCUT2D eigenvalue weighted by Gasteiger charge is -2.11. The van der Waals surface area contributed by atoms with Crippen molar-refractivity contribution in [3.63, 3.8) is 0 Å². The van der Waals surface area contributed by atoms with Gasteiger partial charge in [0.1, 0.15) is 5.75 Å². The fourth-order valence-electron chi connectivity index (χ4n) is 1.90. The molecule has 110 valence electrons. The van der Waals surface area contributed by atoms with Gasteiger partial charge in [-0.05, 0) is 30.8 Å². The Balaban J connectivity index is 2.26. The van der Waals surface area contributed by atoms with E-state index < -0.39 is 4.92 Å². The van der Waals surface area contributed by atoms with Gasteiger partial charge in [0.15, 0.2) is 11.5 Å². The number of rotatable bonds is 6. The summed E-state index contributed by atoms with van der Waals surface area (Å²) in [4.78, 5) is 10.3. The molecule has 6 heteroatoms. The fraction of sp³-hybridized carbons (Fsp3) is 0.200. The third-order valence-electron chi connectivity index (χ3n) is 2.87. The van der Waals surface area contributed by atoms with Gasteiger partial charge >= 0.3 is 0 Å². The average Bonchev–Trinajstić information content (AvgIpc) is 2.48. The smallest absolute Gasteiger partial charge is 0.273 e. The molecule has 21 heavy (non-hydrogen) atoms. The quantitative estimate of drug-likeness (QED) is 0.653. The Bertz CT molecular complexity index is 643. The van der Waals surface area contributed by atoms with Crippen LogP contribution in [-0.2, 0) is 6.54 Å². The Morgan fingerprint density at radius 1 is 1.19 bits per heavy atom. The van der Waals surface area contributed by atoms with Gasteiger partial charge in [0.05, 0.1) is 18.1 Å². The summed E-state index contributed by atoms with van der Waals surface area (Å²) in [5.41, 5.74) is 1.04. The van der Waals surface area contributed by atoms with Gasteiger partial charge in [-0.25, -0.2) is 0 Å². The topological polar surface area (TPSA) is 73.6 Å². The first kappa shape index (κ1) is 14.8. The highest BCUT2D eigenvalue weighted by atomic mass is 16.6. The highest BCUT2D eigenvalue weighted by molar-refractivity contribution is 5.50. The number of nitro groups is 1. The summed E-state index contributed by atoms with van der Waals surface area (Å²) in [5.74, 6) is 1.41. The molecule has 2 aromatic rings. The lowest BCUT2D eigenvalue weighted by Crippen LogP contribution is -2.04. The Kier molecular flexibility index (Phi) is 4.73. The van der Waals surface area contributed by atoms with Crippen LogP contribution in [0.2, 0.25) is 0 Å². The molecule has 6 nitrogen and oxygen atoms in total. The molecule has 0 saturated carbocycles. The number of nitrogens with zero attached hydrogens (tertiary/aromatic N) is 1. The van der Waals surface area contributed by atoms with Crippen molar-refractivity contribution < 1.29 is 14.4 Å². The summed E-state index contributed by atoms with van der Waals surface area (Å²) >= 11 is 0. The van der Waals surface area contributed by atoms with E-state index in [-0.39, 0.29) is 5.69 Å². The monoisotopic (exact) mass is 288 g/mol. The van der Waals surface area contributed by atoms with Crippen LogP contribution in [0.3, 0.4) is 0 Å². The predicted octanol–water partition coefficient (Wildman–Crippen LogP) is 3.12.